The molecule has 1 N–H and O–H groups in total. The van der Waals surface area contributed by atoms with Gasteiger partial charge in [0, 0.05) is 18.2 Å². The lowest BCUT2D eigenvalue weighted by molar-refractivity contribution is -0.138. The Kier molecular flexibility index (Phi) is 1.48. The Labute approximate surface area is 81.9 Å². The second-order valence-electron chi connectivity index (χ2n) is 4.10. The van der Waals surface area contributed by atoms with Crippen molar-refractivity contribution in [1.82, 2.24) is 10.2 Å². The molecule has 74 valence electrons. The summed E-state index contributed by atoms with van der Waals surface area (Å²) in [6.45, 7) is 0.816. The third-order valence-corrected chi connectivity index (χ3v) is 3.03. The van der Waals surface area contributed by atoms with Crippen LogP contribution in [0.3, 0.4) is 0 Å². The summed E-state index contributed by atoms with van der Waals surface area (Å²) in [5.41, 5.74) is 1.29. The predicted molar refractivity (Wildman–Crippen MR) is 49.1 cm³/mol. The van der Waals surface area contributed by atoms with E-state index in [2.05, 4.69) is 5.32 Å². The summed E-state index contributed by atoms with van der Waals surface area (Å²) in [7, 11) is 0. The molecule has 3 rings (SSSR count). The number of nitrogens with one attached hydrogen (secondary N) is 1. The predicted octanol–water partition coefficient (Wildman–Crippen LogP) is 0.155. The zero-order valence-electron chi connectivity index (χ0n) is 7.88. The standard InChI is InChI=1S/C10H12N2O2/c13-9-7-2-1-5-11-8(7)10(14)12(9)6-3-4-6/h6,11H,1-5H2. The molecule has 0 radical (unpaired) electrons. The van der Waals surface area contributed by atoms with Crippen LogP contribution < -0.4 is 5.32 Å². The van der Waals surface area contributed by atoms with Crippen molar-refractivity contribution in [2.45, 2.75) is 31.7 Å². The van der Waals surface area contributed by atoms with Crippen LogP contribution in [0.5, 0.6) is 0 Å². The van der Waals surface area contributed by atoms with Crippen LogP contribution in [-0.2, 0) is 9.59 Å². The Morgan fingerprint density at radius 1 is 1.21 bits per heavy atom. The molecule has 4 nitrogen and oxygen atoms in total. The van der Waals surface area contributed by atoms with Crippen LogP contribution in [0.2, 0.25) is 0 Å². The first kappa shape index (κ1) is 8.03. The maximum absolute atomic E-state index is 11.8. The Hall–Kier alpha value is -1.32. The molecule has 0 atom stereocenters. The average molecular weight is 192 g/mol. The van der Waals surface area contributed by atoms with Gasteiger partial charge in [-0.25, -0.2) is 0 Å². The van der Waals surface area contributed by atoms with E-state index in [9.17, 15) is 9.59 Å². The molecule has 0 aromatic carbocycles. The van der Waals surface area contributed by atoms with E-state index < -0.39 is 0 Å². The van der Waals surface area contributed by atoms with Crippen LogP contribution in [0.4, 0.5) is 0 Å². The number of nitrogens with zero attached hydrogens (tertiary/aromatic N) is 1. The van der Waals surface area contributed by atoms with Gasteiger partial charge in [0.05, 0.1) is 0 Å². The summed E-state index contributed by atoms with van der Waals surface area (Å²) in [5.74, 6) is -0.132. The lowest BCUT2D eigenvalue weighted by atomic mass is 10.1. The van der Waals surface area contributed by atoms with E-state index in [0.29, 0.717) is 11.3 Å². The van der Waals surface area contributed by atoms with Gasteiger partial charge in [-0.05, 0) is 25.7 Å². The Morgan fingerprint density at radius 2 is 2.00 bits per heavy atom. The largest absolute Gasteiger partial charge is 0.380 e. The Morgan fingerprint density at radius 3 is 2.64 bits per heavy atom. The number of amides is 2. The van der Waals surface area contributed by atoms with Gasteiger partial charge in [0.2, 0.25) is 0 Å². The Balaban J connectivity index is 1.96. The summed E-state index contributed by atoms with van der Waals surface area (Å²) in [4.78, 5) is 25.1. The minimum atomic E-state index is -0.0906. The molecule has 1 aliphatic carbocycles. The van der Waals surface area contributed by atoms with Crippen LogP contribution in [0.15, 0.2) is 11.3 Å². The van der Waals surface area contributed by atoms with Gasteiger partial charge in [0.1, 0.15) is 5.70 Å². The molecular formula is C10H12N2O2. The van der Waals surface area contributed by atoms with Crippen molar-refractivity contribution in [3.8, 4) is 0 Å². The number of imide groups is 1. The summed E-state index contributed by atoms with van der Waals surface area (Å²) in [6.07, 6.45) is 3.68. The highest BCUT2D eigenvalue weighted by Gasteiger charge is 2.46. The van der Waals surface area contributed by atoms with Gasteiger partial charge in [0.15, 0.2) is 0 Å². The van der Waals surface area contributed by atoms with Gasteiger partial charge in [0.25, 0.3) is 11.8 Å². The van der Waals surface area contributed by atoms with Crippen molar-refractivity contribution in [2.75, 3.05) is 6.54 Å². The van der Waals surface area contributed by atoms with Gasteiger partial charge >= 0.3 is 0 Å². The molecule has 0 aromatic heterocycles. The fourth-order valence-corrected chi connectivity index (χ4v) is 2.15. The molecule has 14 heavy (non-hydrogen) atoms. The van der Waals surface area contributed by atoms with E-state index in [-0.39, 0.29) is 17.9 Å². The molecule has 0 aromatic rings. The zero-order valence-corrected chi connectivity index (χ0v) is 7.88. The number of rotatable bonds is 1. The van der Waals surface area contributed by atoms with Crippen LogP contribution in [0, 0.1) is 0 Å². The molecule has 2 heterocycles. The smallest absolute Gasteiger partial charge is 0.277 e. The molecule has 0 unspecified atom stereocenters. The number of carbonyl (C=O) groups is 2. The number of hydrogen-bond donors (Lipinski definition) is 1. The Bertz CT molecular complexity index is 327. The topological polar surface area (TPSA) is 49.4 Å². The molecular weight excluding hydrogens is 180 g/mol. The summed E-state index contributed by atoms with van der Waals surface area (Å²) in [6, 6.07) is 0.197. The van der Waals surface area contributed by atoms with Crippen molar-refractivity contribution >= 4 is 11.8 Å². The molecule has 2 amide bonds. The number of hydrogen-bond acceptors (Lipinski definition) is 3. The van der Waals surface area contributed by atoms with Crippen LogP contribution in [0.1, 0.15) is 25.7 Å². The van der Waals surface area contributed by atoms with E-state index in [4.69, 9.17) is 0 Å². The molecule has 1 saturated carbocycles. The minimum Gasteiger partial charge on any atom is -0.380 e. The van der Waals surface area contributed by atoms with Crippen molar-refractivity contribution in [2.24, 2.45) is 0 Å². The van der Waals surface area contributed by atoms with Crippen molar-refractivity contribution in [3.05, 3.63) is 11.3 Å². The monoisotopic (exact) mass is 192 g/mol. The van der Waals surface area contributed by atoms with E-state index in [1.165, 1.54) is 4.90 Å². The minimum absolute atomic E-state index is 0.0419. The van der Waals surface area contributed by atoms with Gasteiger partial charge in [-0.15, -0.1) is 0 Å². The molecule has 4 heteroatoms. The fourth-order valence-electron chi connectivity index (χ4n) is 2.15. The first-order valence-electron chi connectivity index (χ1n) is 5.14. The third-order valence-electron chi connectivity index (χ3n) is 3.03. The van der Waals surface area contributed by atoms with Crippen molar-refractivity contribution < 1.29 is 9.59 Å². The average Bonchev–Trinajstić information content (AvgIpc) is 2.99. The lowest BCUT2D eigenvalue weighted by Gasteiger charge is -2.13. The molecule has 0 saturated heterocycles. The molecule has 3 aliphatic rings. The van der Waals surface area contributed by atoms with Crippen LogP contribution in [0.25, 0.3) is 0 Å². The molecule has 0 spiro atoms. The summed E-state index contributed by atoms with van der Waals surface area (Å²) in [5, 5.41) is 3.04. The van der Waals surface area contributed by atoms with Crippen LogP contribution in [-0.4, -0.2) is 29.3 Å². The lowest BCUT2D eigenvalue weighted by Crippen LogP contribution is -2.35. The fraction of sp³-hybridized carbons (Fsp3) is 0.600. The molecule has 1 fully saturated rings. The highest BCUT2D eigenvalue weighted by molar-refractivity contribution is 6.19. The maximum Gasteiger partial charge on any atom is 0.277 e. The van der Waals surface area contributed by atoms with Gasteiger partial charge < -0.3 is 5.32 Å². The molecule has 0 bridgehead atoms. The van der Waals surface area contributed by atoms with Gasteiger partial charge in [-0.1, -0.05) is 0 Å². The van der Waals surface area contributed by atoms with Gasteiger partial charge in [-0.2, -0.15) is 0 Å². The molecule has 2 aliphatic heterocycles. The second-order valence-corrected chi connectivity index (χ2v) is 4.10. The van der Waals surface area contributed by atoms with E-state index in [0.717, 1.165) is 32.2 Å². The number of carbonyl (C=O) groups excluding carboxylic acids is 2. The SMILES string of the molecule is O=C1C2=C(NCCC2)C(=O)N1C1CC1. The summed E-state index contributed by atoms with van der Waals surface area (Å²) >= 11 is 0. The highest BCUT2D eigenvalue weighted by Crippen LogP contribution is 2.35. The quantitative estimate of drug-likeness (QED) is 0.602. The van der Waals surface area contributed by atoms with E-state index in [1.807, 2.05) is 0 Å². The first-order chi connectivity index (χ1) is 6.79. The first-order valence-corrected chi connectivity index (χ1v) is 5.14. The van der Waals surface area contributed by atoms with Crippen LogP contribution >= 0.6 is 0 Å². The zero-order chi connectivity index (χ0) is 9.71. The highest BCUT2D eigenvalue weighted by atomic mass is 16.2. The van der Waals surface area contributed by atoms with Crippen molar-refractivity contribution in [1.29, 1.82) is 0 Å². The normalized spacial score (nSPS) is 26.7. The second kappa shape index (κ2) is 2.59. The van der Waals surface area contributed by atoms with Gasteiger partial charge in [-0.3, -0.25) is 14.5 Å². The maximum atomic E-state index is 11.8. The van der Waals surface area contributed by atoms with E-state index in [1.54, 1.807) is 0 Å². The third kappa shape index (κ3) is 0.937. The van der Waals surface area contributed by atoms with Crippen molar-refractivity contribution in [3.63, 3.8) is 0 Å². The summed E-state index contributed by atoms with van der Waals surface area (Å²) < 4.78 is 0. The van der Waals surface area contributed by atoms with E-state index >= 15 is 0 Å².